The molecule has 2 amide bonds. The lowest BCUT2D eigenvalue weighted by Gasteiger charge is -2.10. The van der Waals surface area contributed by atoms with E-state index in [1.807, 2.05) is 24.3 Å². The largest absolute Gasteiger partial charge is 0.334 e. The molecule has 0 saturated carbocycles. The van der Waals surface area contributed by atoms with Crippen LogP contribution in [-0.2, 0) is 16.6 Å². The molecule has 3 aromatic rings. The zero-order valence-electron chi connectivity index (χ0n) is 14.1. The van der Waals surface area contributed by atoms with E-state index in [2.05, 4.69) is 20.3 Å². The average molecular weight is 370 g/mol. The minimum Gasteiger partial charge on any atom is -0.334 e. The Hall–Kier alpha value is -2.97. The molecule has 0 radical (unpaired) electrons. The topological polar surface area (TPSA) is 100 Å². The molecular weight excluding hydrogens is 352 g/mol. The van der Waals surface area contributed by atoms with Crippen molar-refractivity contribution < 1.29 is 13.2 Å². The molecular formula is C18H18N4O3S. The van der Waals surface area contributed by atoms with Crippen molar-refractivity contribution in [3.63, 3.8) is 0 Å². The molecule has 0 aliphatic heterocycles. The monoisotopic (exact) mass is 370 g/mol. The van der Waals surface area contributed by atoms with Crippen molar-refractivity contribution in [2.45, 2.75) is 11.4 Å². The molecule has 7 nitrogen and oxygen atoms in total. The van der Waals surface area contributed by atoms with Crippen LogP contribution in [-0.4, -0.2) is 26.5 Å². The van der Waals surface area contributed by atoms with Crippen molar-refractivity contribution in [1.29, 1.82) is 0 Å². The number of benzene rings is 2. The third-order valence-electron chi connectivity index (χ3n) is 3.81. The molecule has 26 heavy (non-hydrogen) atoms. The van der Waals surface area contributed by atoms with Gasteiger partial charge in [-0.2, -0.15) is 0 Å². The number of aromatic nitrogens is 1. The summed E-state index contributed by atoms with van der Waals surface area (Å²) in [7, 11) is -2.17. The van der Waals surface area contributed by atoms with E-state index in [4.69, 9.17) is 0 Å². The number of para-hydroxylation sites is 1. The lowest BCUT2D eigenvalue weighted by atomic mass is 10.2. The molecule has 0 unspecified atom stereocenters. The van der Waals surface area contributed by atoms with Gasteiger partial charge in [-0.1, -0.05) is 30.3 Å². The van der Waals surface area contributed by atoms with Crippen LogP contribution in [0.15, 0.2) is 65.7 Å². The number of nitrogens with zero attached hydrogens (tertiary/aromatic N) is 1. The fraction of sp³-hybridized carbons (Fsp3) is 0.111. The first-order valence-corrected chi connectivity index (χ1v) is 9.39. The zero-order valence-corrected chi connectivity index (χ0v) is 14.9. The Balaban J connectivity index is 1.69. The fourth-order valence-corrected chi connectivity index (χ4v) is 3.29. The van der Waals surface area contributed by atoms with E-state index in [9.17, 15) is 13.2 Å². The molecule has 1 heterocycles. The minimum atomic E-state index is -3.52. The minimum absolute atomic E-state index is 0.151. The lowest BCUT2D eigenvalue weighted by Crippen LogP contribution is -2.28. The first-order valence-electron chi connectivity index (χ1n) is 7.91. The molecule has 0 bridgehead atoms. The summed E-state index contributed by atoms with van der Waals surface area (Å²) in [5, 5.41) is 6.41. The predicted octanol–water partition coefficient (Wildman–Crippen LogP) is 2.46. The van der Waals surface area contributed by atoms with Crippen molar-refractivity contribution in [2.75, 3.05) is 12.4 Å². The van der Waals surface area contributed by atoms with Gasteiger partial charge in [0.25, 0.3) is 0 Å². The second-order valence-corrected chi connectivity index (χ2v) is 7.43. The second-order valence-electron chi connectivity index (χ2n) is 5.54. The zero-order chi connectivity index (χ0) is 18.6. The molecule has 0 aliphatic carbocycles. The Morgan fingerprint density at radius 1 is 1.08 bits per heavy atom. The number of anilines is 1. The van der Waals surface area contributed by atoms with Gasteiger partial charge in [-0.3, -0.25) is 4.98 Å². The lowest BCUT2D eigenvalue weighted by molar-refractivity contribution is 0.252. The summed E-state index contributed by atoms with van der Waals surface area (Å²) < 4.78 is 25.9. The normalized spacial score (nSPS) is 11.3. The average Bonchev–Trinajstić information content (AvgIpc) is 2.67. The molecule has 0 aliphatic rings. The maximum atomic E-state index is 12.2. The maximum Gasteiger partial charge on any atom is 0.319 e. The molecule has 0 fully saturated rings. The summed E-state index contributed by atoms with van der Waals surface area (Å²) in [6.45, 7) is 0.192. The van der Waals surface area contributed by atoms with Crippen LogP contribution in [0.4, 0.5) is 10.5 Å². The molecule has 134 valence electrons. The summed E-state index contributed by atoms with van der Waals surface area (Å²) in [5.74, 6) is 0. The Morgan fingerprint density at radius 3 is 2.65 bits per heavy atom. The molecule has 2 aromatic carbocycles. The van der Waals surface area contributed by atoms with E-state index in [1.165, 1.54) is 19.2 Å². The molecule has 3 rings (SSSR count). The summed E-state index contributed by atoms with van der Waals surface area (Å²) in [6, 6.07) is 15.3. The highest BCUT2D eigenvalue weighted by Crippen LogP contribution is 2.20. The SMILES string of the molecule is CNS(=O)(=O)c1cccc(CNC(=O)Nc2cccc3cccnc23)c1. The highest BCUT2D eigenvalue weighted by molar-refractivity contribution is 7.89. The summed E-state index contributed by atoms with van der Waals surface area (Å²) >= 11 is 0. The highest BCUT2D eigenvalue weighted by atomic mass is 32.2. The van der Waals surface area contributed by atoms with E-state index in [0.717, 1.165) is 5.39 Å². The van der Waals surface area contributed by atoms with Crippen LogP contribution in [0.1, 0.15) is 5.56 Å². The molecule has 0 atom stereocenters. The van der Waals surface area contributed by atoms with Crippen LogP contribution in [0.2, 0.25) is 0 Å². The quantitative estimate of drug-likeness (QED) is 0.642. The van der Waals surface area contributed by atoms with Gasteiger partial charge in [0.2, 0.25) is 10.0 Å². The van der Waals surface area contributed by atoms with E-state index >= 15 is 0 Å². The Kier molecular flexibility index (Phi) is 5.15. The number of rotatable bonds is 5. The van der Waals surface area contributed by atoms with Gasteiger partial charge in [0, 0.05) is 18.1 Å². The van der Waals surface area contributed by atoms with Crippen molar-refractivity contribution in [2.24, 2.45) is 0 Å². The van der Waals surface area contributed by atoms with Gasteiger partial charge >= 0.3 is 6.03 Å². The smallest absolute Gasteiger partial charge is 0.319 e. The first kappa shape index (κ1) is 17.8. The van der Waals surface area contributed by atoms with Gasteiger partial charge in [-0.25, -0.2) is 17.9 Å². The molecule has 8 heteroatoms. The maximum absolute atomic E-state index is 12.2. The Morgan fingerprint density at radius 2 is 1.85 bits per heavy atom. The van der Waals surface area contributed by atoms with Crippen molar-refractivity contribution in [3.05, 3.63) is 66.4 Å². The van der Waals surface area contributed by atoms with Crippen LogP contribution in [0.25, 0.3) is 10.9 Å². The predicted molar refractivity (Wildman–Crippen MR) is 100 cm³/mol. The Bertz CT molecular complexity index is 1050. The number of hydrogen-bond donors (Lipinski definition) is 3. The van der Waals surface area contributed by atoms with Crippen LogP contribution in [0, 0.1) is 0 Å². The molecule has 3 N–H and O–H groups in total. The van der Waals surface area contributed by atoms with Crippen LogP contribution >= 0.6 is 0 Å². The van der Waals surface area contributed by atoms with Crippen LogP contribution < -0.4 is 15.4 Å². The van der Waals surface area contributed by atoms with E-state index in [-0.39, 0.29) is 11.4 Å². The molecule has 1 aromatic heterocycles. The third kappa shape index (κ3) is 3.98. The van der Waals surface area contributed by atoms with Gasteiger partial charge < -0.3 is 10.6 Å². The Labute approximate surface area is 151 Å². The van der Waals surface area contributed by atoms with Gasteiger partial charge in [0.05, 0.1) is 16.1 Å². The number of pyridine rings is 1. The number of carbonyl (C=O) groups excluding carboxylic acids is 1. The van der Waals surface area contributed by atoms with E-state index < -0.39 is 16.1 Å². The number of urea groups is 1. The van der Waals surface area contributed by atoms with Gasteiger partial charge in [-0.15, -0.1) is 0 Å². The number of fused-ring (bicyclic) bond motifs is 1. The number of nitrogens with one attached hydrogen (secondary N) is 3. The number of amides is 2. The number of hydrogen-bond acceptors (Lipinski definition) is 4. The molecule has 0 saturated heterocycles. The first-order chi connectivity index (χ1) is 12.5. The summed E-state index contributed by atoms with van der Waals surface area (Å²) in [4.78, 5) is 16.6. The van der Waals surface area contributed by atoms with Gasteiger partial charge in [0.1, 0.15) is 0 Å². The van der Waals surface area contributed by atoms with Crippen molar-refractivity contribution >= 4 is 32.6 Å². The van der Waals surface area contributed by atoms with Crippen LogP contribution in [0.5, 0.6) is 0 Å². The third-order valence-corrected chi connectivity index (χ3v) is 5.22. The van der Waals surface area contributed by atoms with Gasteiger partial charge in [0.15, 0.2) is 0 Å². The highest BCUT2D eigenvalue weighted by Gasteiger charge is 2.12. The number of sulfonamides is 1. The van der Waals surface area contributed by atoms with E-state index in [1.54, 1.807) is 24.4 Å². The van der Waals surface area contributed by atoms with Crippen molar-refractivity contribution in [1.82, 2.24) is 15.0 Å². The summed E-state index contributed by atoms with van der Waals surface area (Å²) in [6.07, 6.45) is 1.67. The standard InChI is InChI=1S/C18H18N4O3S/c1-19-26(24,25)15-8-2-5-13(11-15)12-21-18(23)22-16-9-3-6-14-7-4-10-20-17(14)16/h2-11,19H,12H2,1H3,(H2,21,22,23). The number of carbonyl (C=O) groups is 1. The summed E-state index contributed by atoms with van der Waals surface area (Å²) in [5.41, 5.74) is 1.98. The van der Waals surface area contributed by atoms with E-state index in [0.29, 0.717) is 16.8 Å². The molecule has 0 spiro atoms. The van der Waals surface area contributed by atoms with Crippen LogP contribution in [0.3, 0.4) is 0 Å². The van der Waals surface area contributed by atoms with Gasteiger partial charge in [-0.05, 0) is 36.9 Å². The second kappa shape index (κ2) is 7.51. The van der Waals surface area contributed by atoms with Crippen molar-refractivity contribution in [3.8, 4) is 0 Å². The fourth-order valence-electron chi connectivity index (χ4n) is 2.49.